The minimum absolute atomic E-state index is 0.249. The minimum Gasteiger partial charge on any atom is -0.226 e. The number of hydrogen-bond acceptors (Lipinski definition) is 3. The van der Waals surface area contributed by atoms with Crippen LogP contribution in [-0.2, 0) is 0 Å². The molecule has 0 fully saturated rings. The average Bonchev–Trinajstić information content (AvgIpc) is 2.20. The highest BCUT2D eigenvalue weighted by Gasteiger charge is 2.02. The standard InChI is InChI=1S/C11H8ClFN2S/c1-7-14-10(12)6-11(15-7)16-9-4-2-8(13)3-5-9/h2-6H,1H3. The van der Waals surface area contributed by atoms with Gasteiger partial charge in [0, 0.05) is 11.0 Å². The lowest BCUT2D eigenvalue weighted by Gasteiger charge is -2.02. The van der Waals surface area contributed by atoms with Gasteiger partial charge in [-0.2, -0.15) is 0 Å². The molecular formula is C11H8ClFN2S. The predicted octanol–water partition coefficient (Wildman–Crippen LogP) is 3.73. The Labute approximate surface area is 102 Å². The zero-order chi connectivity index (χ0) is 11.5. The summed E-state index contributed by atoms with van der Waals surface area (Å²) < 4.78 is 12.7. The molecule has 2 aromatic rings. The van der Waals surface area contributed by atoms with Gasteiger partial charge in [-0.05, 0) is 31.2 Å². The quantitative estimate of drug-likeness (QED) is 0.764. The van der Waals surface area contributed by atoms with Gasteiger partial charge in [-0.1, -0.05) is 23.4 Å². The van der Waals surface area contributed by atoms with Gasteiger partial charge < -0.3 is 0 Å². The van der Waals surface area contributed by atoms with Crippen LogP contribution in [0, 0.1) is 12.7 Å². The van der Waals surface area contributed by atoms with Crippen LogP contribution >= 0.6 is 23.4 Å². The zero-order valence-corrected chi connectivity index (χ0v) is 10.0. The first-order chi connectivity index (χ1) is 7.63. The molecule has 0 atom stereocenters. The van der Waals surface area contributed by atoms with Crippen LogP contribution in [-0.4, -0.2) is 9.97 Å². The van der Waals surface area contributed by atoms with Crippen molar-refractivity contribution in [2.75, 3.05) is 0 Å². The van der Waals surface area contributed by atoms with Crippen LogP contribution in [0.25, 0.3) is 0 Å². The number of hydrogen-bond donors (Lipinski definition) is 0. The minimum atomic E-state index is -0.249. The second-order valence-corrected chi connectivity index (χ2v) is 4.61. The highest BCUT2D eigenvalue weighted by Crippen LogP contribution is 2.27. The van der Waals surface area contributed by atoms with E-state index in [9.17, 15) is 4.39 Å². The van der Waals surface area contributed by atoms with Crippen molar-refractivity contribution >= 4 is 23.4 Å². The summed E-state index contributed by atoms with van der Waals surface area (Å²) >= 11 is 7.24. The molecule has 0 N–H and O–H groups in total. The van der Waals surface area contributed by atoms with Crippen LogP contribution in [0.4, 0.5) is 4.39 Å². The first-order valence-corrected chi connectivity index (χ1v) is 5.77. The third-order valence-electron chi connectivity index (χ3n) is 1.82. The molecule has 0 aliphatic carbocycles. The monoisotopic (exact) mass is 254 g/mol. The molecule has 1 heterocycles. The Kier molecular flexibility index (Phi) is 3.41. The van der Waals surface area contributed by atoms with E-state index in [0.29, 0.717) is 11.0 Å². The van der Waals surface area contributed by atoms with E-state index >= 15 is 0 Å². The van der Waals surface area contributed by atoms with Crippen LogP contribution in [0.15, 0.2) is 40.3 Å². The highest BCUT2D eigenvalue weighted by atomic mass is 35.5. The maximum Gasteiger partial charge on any atom is 0.133 e. The van der Waals surface area contributed by atoms with Crippen molar-refractivity contribution in [3.8, 4) is 0 Å². The van der Waals surface area contributed by atoms with Crippen molar-refractivity contribution in [1.82, 2.24) is 9.97 Å². The summed E-state index contributed by atoms with van der Waals surface area (Å²) in [5, 5.41) is 1.17. The summed E-state index contributed by atoms with van der Waals surface area (Å²) in [6.07, 6.45) is 0. The van der Waals surface area contributed by atoms with Gasteiger partial charge >= 0.3 is 0 Å². The topological polar surface area (TPSA) is 25.8 Å². The van der Waals surface area contributed by atoms with Gasteiger partial charge in [0.2, 0.25) is 0 Å². The Bertz CT molecular complexity index is 482. The molecule has 2 nitrogen and oxygen atoms in total. The van der Waals surface area contributed by atoms with Gasteiger partial charge in [-0.25, -0.2) is 14.4 Å². The predicted molar refractivity (Wildman–Crippen MR) is 62.3 cm³/mol. The van der Waals surface area contributed by atoms with E-state index in [4.69, 9.17) is 11.6 Å². The van der Waals surface area contributed by atoms with Gasteiger partial charge in [-0.3, -0.25) is 0 Å². The van der Waals surface area contributed by atoms with Crippen LogP contribution in [0.2, 0.25) is 5.15 Å². The zero-order valence-electron chi connectivity index (χ0n) is 8.45. The molecule has 1 aromatic carbocycles. The van der Waals surface area contributed by atoms with Crippen LogP contribution in [0.5, 0.6) is 0 Å². The Morgan fingerprint density at radius 2 is 1.88 bits per heavy atom. The molecule has 0 unspecified atom stereocenters. The molecule has 0 spiro atoms. The van der Waals surface area contributed by atoms with E-state index in [0.717, 1.165) is 9.92 Å². The van der Waals surface area contributed by atoms with Crippen LogP contribution < -0.4 is 0 Å². The number of halogens is 2. The van der Waals surface area contributed by atoms with Crippen LogP contribution in [0.3, 0.4) is 0 Å². The van der Waals surface area contributed by atoms with Gasteiger partial charge in [0.05, 0.1) is 0 Å². The van der Waals surface area contributed by atoms with Crippen molar-refractivity contribution in [2.45, 2.75) is 16.8 Å². The first kappa shape index (κ1) is 11.4. The van der Waals surface area contributed by atoms with Crippen molar-refractivity contribution in [2.24, 2.45) is 0 Å². The average molecular weight is 255 g/mol. The summed E-state index contributed by atoms with van der Waals surface area (Å²) in [5.41, 5.74) is 0. The molecule has 1 aromatic heterocycles. The second-order valence-electron chi connectivity index (χ2n) is 3.13. The first-order valence-electron chi connectivity index (χ1n) is 4.58. The lowest BCUT2D eigenvalue weighted by Crippen LogP contribution is -1.89. The van der Waals surface area contributed by atoms with E-state index in [1.54, 1.807) is 25.1 Å². The maximum absolute atomic E-state index is 12.7. The normalized spacial score (nSPS) is 10.4. The Morgan fingerprint density at radius 1 is 1.19 bits per heavy atom. The van der Waals surface area contributed by atoms with E-state index in [2.05, 4.69) is 9.97 Å². The molecule has 16 heavy (non-hydrogen) atoms. The van der Waals surface area contributed by atoms with Gasteiger partial charge in [0.1, 0.15) is 21.8 Å². The Morgan fingerprint density at radius 3 is 2.50 bits per heavy atom. The largest absolute Gasteiger partial charge is 0.226 e. The van der Waals surface area contributed by atoms with E-state index in [1.165, 1.54) is 23.9 Å². The Hall–Kier alpha value is -1.13. The molecule has 0 aliphatic heterocycles. The number of rotatable bonds is 2. The molecule has 82 valence electrons. The third kappa shape index (κ3) is 2.93. The molecule has 2 rings (SSSR count). The summed E-state index contributed by atoms with van der Waals surface area (Å²) in [5.74, 6) is 0.373. The number of aromatic nitrogens is 2. The summed E-state index contributed by atoms with van der Waals surface area (Å²) in [4.78, 5) is 9.11. The summed E-state index contributed by atoms with van der Waals surface area (Å²) in [6, 6.07) is 7.91. The fourth-order valence-corrected chi connectivity index (χ4v) is 2.33. The molecule has 0 radical (unpaired) electrons. The van der Waals surface area contributed by atoms with Gasteiger partial charge in [0.15, 0.2) is 0 Å². The molecule has 0 amide bonds. The number of benzene rings is 1. The van der Waals surface area contributed by atoms with Gasteiger partial charge in [0.25, 0.3) is 0 Å². The van der Waals surface area contributed by atoms with E-state index in [-0.39, 0.29) is 5.82 Å². The van der Waals surface area contributed by atoms with Gasteiger partial charge in [-0.15, -0.1) is 0 Å². The molecule has 0 aliphatic rings. The fourth-order valence-electron chi connectivity index (χ4n) is 1.18. The number of aryl methyl sites for hydroxylation is 1. The lowest BCUT2D eigenvalue weighted by atomic mass is 10.4. The van der Waals surface area contributed by atoms with Crippen molar-refractivity contribution in [3.05, 3.63) is 47.1 Å². The summed E-state index contributed by atoms with van der Waals surface area (Å²) in [7, 11) is 0. The third-order valence-corrected chi connectivity index (χ3v) is 2.94. The molecule has 5 heteroatoms. The SMILES string of the molecule is Cc1nc(Cl)cc(Sc2ccc(F)cc2)n1. The van der Waals surface area contributed by atoms with Crippen molar-refractivity contribution in [3.63, 3.8) is 0 Å². The maximum atomic E-state index is 12.7. The van der Waals surface area contributed by atoms with E-state index in [1.807, 2.05) is 0 Å². The van der Waals surface area contributed by atoms with E-state index < -0.39 is 0 Å². The molecule has 0 saturated heterocycles. The van der Waals surface area contributed by atoms with Crippen molar-refractivity contribution in [1.29, 1.82) is 0 Å². The van der Waals surface area contributed by atoms with Crippen LogP contribution in [0.1, 0.15) is 5.82 Å². The van der Waals surface area contributed by atoms with Crippen molar-refractivity contribution < 1.29 is 4.39 Å². The highest BCUT2D eigenvalue weighted by molar-refractivity contribution is 7.99. The molecule has 0 saturated carbocycles. The number of nitrogens with zero attached hydrogens (tertiary/aromatic N) is 2. The second kappa shape index (κ2) is 4.80. The fraction of sp³-hybridized carbons (Fsp3) is 0.0909. The smallest absolute Gasteiger partial charge is 0.133 e. The molecule has 0 bridgehead atoms. The molecular weight excluding hydrogens is 247 g/mol. The summed E-state index contributed by atoms with van der Waals surface area (Å²) in [6.45, 7) is 1.78. The lowest BCUT2D eigenvalue weighted by molar-refractivity contribution is 0.626. The Balaban J connectivity index is 2.23.